The summed E-state index contributed by atoms with van der Waals surface area (Å²) in [4.78, 5) is 18.8. The predicted molar refractivity (Wildman–Crippen MR) is 111 cm³/mol. The van der Waals surface area contributed by atoms with Crippen molar-refractivity contribution in [2.24, 2.45) is 0 Å². The molecule has 2 aromatic carbocycles. The maximum atomic E-state index is 13.0. The van der Waals surface area contributed by atoms with E-state index in [0.717, 1.165) is 10.7 Å². The molecule has 29 heavy (non-hydrogen) atoms. The van der Waals surface area contributed by atoms with Crippen LogP contribution in [-0.2, 0) is 11.2 Å². The molecule has 1 aromatic heterocycles. The van der Waals surface area contributed by atoms with Crippen LogP contribution in [0.15, 0.2) is 48.5 Å². The van der Waals surface area contributed by atoms with Gasteiger partial charge in [-0.05, 0) is 55.8 Å². The van der Waals surface area contributed by atoms with Crippen LogP contribution in [0.25, 0.3) is 0 Å². The fourth-order valence-corrected chi connectivity index (χ4v) is 3.62. The van der Waals surface area contributed by atoms with Crippen molar-refractivity contribution in [3.05, 3.63) is 71.6 Å². The molecule has 1 N–H and O–H groups in total. The lowest BCUT2D eigenvalue weighted by Gasteiger charge is -2.25. The number of halogens is 2. The van der Waals surface area contributed by atoms with Crippen LogP contribution in [0.5, 0.6) is 0 Å². The lowest BCUT2D eigenvalue weighted by Crippen LogP contribution is -2.33. The first-order valence-corrected chi connectivity index (χ1v) is 10.1. The van der Waals surface area contributed by atoms with E-state index in [-0.39, 0.29) is 30.0 Å². The van der Waals surface area contributed by atoms with Gasteiger partial charge in [-0.3, -0.25) is 4.79 Å². The predicted octanol–water partition coefficient (Wildman–Crippen LogP) is 4.65. The minimum atomic E-state index is -0.346. The number of carbonyl (C=O) groups excluding carboxylic acids is 1. The summed E-state index contributed by atoms with van der Waals surface area (Å²) in [6.07, 6.45) is 0.788. The number of anilines is 2. The second kappa shape index (κ2) is 9.56. The van der Waals surface area contributed by atoms with E-state index in [2.05, 4.69) is 14.7 Å². The second-order valence-electron chi connectivity index (χ2n) is 6.89. The number of hydrogen-bond acceptors (Lipinski definition) is 5. The Balaban J connectivity index is 1.59. The standard InChI is InChI=1S/C21H22F2N4OS/c1-14(2)27(12-11-20(28)24-18-9-7-17(23)8-10-18)21-25-19(26-29-21)13-15-3-5-16(22)6-4-15/h3-10,14H,11-13H2,1-2H3,(H,24,28). The molecule has 0 atom stereocenters. The molecule has 0 saturated carbocycles. The van der Waals surface area contributed by atoms with E-state index in [4.69, 9.17) is 0 Å². The smallest absolute Gasteiger partial charge is 0.226 e. The Kier molecular flexibility index (Phi) is 6.87. The molecule has 0 radical (unpaired) electrons. The molecule has 0 fully saturated rings. The zero-order chi connectivity index (χ0) is 20.8. The van der Waals surface area contributed by atoms with E-state index in [1.54, 1.807) is 12.1 Å². The molecular weight excluding hydrogens is 394 g/mol. The highest BCUT2D eigenvalue weighted by Crippen LogP contribution is 2.22. The Morgan fingerprint density at radius 2 is 1.69 bits per heavy atom. The minimum absolute atomic E-state index is 0.139. The van der Waals surface area contributed by atoms with Gasteiger partial charge in [0.1, 0.15) is 17.5 Å². The van der Waals surface area contributed by atoms with Crippen molar-refractivity contribution >= 4 is 28.3 Å². The van der Waals surface area contributed by atoms with Gasteiger partial charge in [0.05, 0.1) is 0 Å². The molecule has 0 aliphatic heterocycles. The van der Waals surface area contributed by atoms with Crippen LogP contribution in [-0.4, -0.2) is 27.9 Å². The molecule has 152 valence electrons. The first-order chi connectivity index (χ1) is 13.9. The van der Waals surface area contributed by atoms with Gasteiger partial charge in [0, 0.05) is 42.6 Å². The van der Waals surface area contributed by atoms with Crippen molar-refractivity contribution < 1.29 is 13.6 Å². The van der Waals surface area contributed by atoms with Crippen LogP contribution in [0.2, 0.25) is 0 Å². The molecule has 0 unspecified atom stereocenters. The van der Waals surface area contributed by atoms with Crippen molar-refractivity contribution in [1.29, 1.82) is 0 Å². The van der Waals surface area contributed by atoms with Crippen molar-refractivity contribution in [3.8, 4) is 0 Å². The van der Waals surface area contributed by atoms with Crippen LogP contribution < -0.4 is 10.2 Å². The molecule has 0 aliphatic rings. The van der Waals surface area contributed by atoms with Gasteiger partial charge < -0.3 is 10.2 Å². The fourth-order valence-electron chi connectivity index (χ4n) is 2.77. The zero-order valence-electron chi connectivity index (χ0n) is 16.2. The number of carbonyl (C=O) groups is 1. The number of rotatable bonds is 8. The quantitative estimate of drug-likeness (QED) is 0.581. The van der Waals surface area contributed by atoms with Crippen molar-refractivity contribution in [2.75, 3.05) is 16.8 Å². The third-order valence-corrected chi connectivity index (χ3v) is 5.10. The van der Waals surface area contributed by atoms with Crippen molar-refractivity contribution in [1.82, 2.24) is 9.36 Å². The summed E-state index contributed by atoms with van der Waals surface area (Å²) >= 11 is 1.28. The Hall–Kier alpha value is -2.87. The lowest BCUT2D eigenvalue weighted by molar-refractivity contribution is -0.116. The maximum absolute atomic E-state index is 13.0. The van der Waals surface area contributed by atoms with Crippen LogP contribution >= 0.6 is 11.5 Å². The zero-order valence-corrected chi connectivity index (χ0v) is 17.0. The average molecular weight is 416 g/mol. The SMILES string of the molecule is CC(C)N(CCC(=O)Nc1ccc(F)cc1)c1nc(Cc2ccc(F)cc2)ns1. The number of hydrogen-bond donors (Lipinski definition) is 1. The highest BCUT2D eigenvalue weighted by molar-refractivity contribution is 7.09. The number of aromatic nitrogens is 2. The minimum Gasteiger partial charge on any atom is -0.344 e. The lowest BCUT2D eigenvalue weighted by atomic mass is 10.1. The van der Waals surface area contributed by atoms with Crippen LogP contribution in [0.3, 0.4) is 0 Å². The van der Waals surface area contributed by atoms with Gasteiger partial charge in [-0.2, -0.15) is 4.37 Å². The molecular formula is C21H22F2N4OS. The summed E-state index contributed by atoms with van der Waals surface area (Å²) in [6.45, 7) is 4.54. The van der Waals surface area contributed by atoms with E-state index >= 15 is 0 Å². The number of nitrogens with zero attached hydrogens (tertiary/aromatic N) is 3. The molecule has 1 heterocycles. The van der Waals surface area contributed by atoms with Crippen LogP contribution in [0, 0.1) is 11.6 Å². The molecule has 0 spiro atoms. The van der Waals surface area contributed by atoms with E-state index in [9.17, 15) is 13.6 Å². The summed E-state index contributed by atoms with van der Waals surface area (Å²) in [5.74, 6) is -0.108. The van der Waals surface area contributed by atoms with Gasteiger partial charge in [-0.1, -0.05) is 12.1 Å². The molecule has 1 amide bonds. The van der Waals surface area contributed by atoms with E-state index in [1.165, 1.54) is 47.9 Å². The largest absolute Gasteiger partial charge is 0.344 e. The van der Waals surface area contributed by atoms with E-state index in [1.807, 2.05) is 18.7 Å². The third kappa shape index (κ3) is 6.05. The Labute approximate surface area is 172 Å². The summed E-state index contributed by atoms with van der Waals surface area (Å²) in [6, 6.07) is 12.1. The molecule has 8 heteroatoms. The van der Waals surface area contributed by atoms with Gasteiger partial charge in [-0.15, -0.1) is 0 Å². The summed E-state index contributed by atoms with van der Waals surface area (Å²) in [5, 5.41) is 3.50. The summed E-state index contributed by atoms with van der Waals surface area (Å²) in [5.41, 5.74) is 1.50. The molecule has 5 nitrogen and oxygen atoms in total. The Morgan fingerprint density at radius 3 is 2.31 bits per heavy atom. The van der Waals surface area contributed by atoms with Crippen LogP contribution in [0.4, 0.5) is 19.6 Å². The third-order valence-electron chi connectivity index (χ3n) is 4.31. The maximum Gasteiger partial charge on any atom is 0.226 e. The monoisotopic (exact) mass is 416 g/mol. The molecule has 3 aromatic rings. The molecule has 0 bridgehead atoms. The molecule has 0 saturated heterocycles. The summed E-state index contributed by atoms with van der Waals surface area (Å²) < 4.78 is 30.4. The van der Waals surface area contributed by atoms with Gasteiger partial charge in [0.2, 0.25) is 11.0 Å². The number of benzene rings is 2. The fraction of sp³-hybridized carbons (Fsp3) is 0.286. The second-order valence-corrected chi connectivity index (χ2v) is 7.62. The Morgan fingerprint density at radius 1 is 1.07 bits per heavy atom. The topological polar surface area (TPSA) is 58.1 Å². The molecule has 3 rings (SSSR count). The van der Waals surface area contributed by atoms with Gasteiger partial charge in [0.25, 0.3) is 0 Å². The van der Waals surface area contributed by atoms with E-state index < -0.39 is 0 Å². The highest BCUT2D eigenvalue weighted by Gasteiger charge is 2.17. The van der Waals surface area contributed by atoms with Gasteiger partial charge in [-0.25, -0.2) is 13.8 Å². The van der Waals surface area contributed by atoms with Crippen molar-refractivity contribution in [3.63, 3.8) is 0 Å². The number of nitrogens with one attached hydrogen (secondary N) is 1. The Bertz CT molecular complexity index is 942. The molecule has 0 aliphatic carbocycles. The summed E-state index contributed by atoms with van der Waals surface area (Å²) in [7, 11) is 0. The average Bonchev–Trinajstić information content (AvgIpc) is 3.13. The number of amides is 1. The van der Waals surface area contributed by atoms with Crippen molar-refractivity contribution in [2.45, 2.75) is 32.7 Å². The first kappa shape index (κ1) is 20.9. The van der Waals surface area contributed by atoms with Gasteiger partial charge >= 0.3 is 0 Å². The van der Waals surface area contributed by atoms with Crippen LogP contribution in [0.1, 0.15) is 31.7 Å². The first-order valence-electron chi connectivity index (χ1n) is 9.30. The van der Waals surface area contributed by atoms with E-state index in [0.29, 0.717) is 24.5 Å². The normalized spacial score (nSPS) is 10.9. The highest BCUT2D eigenvalue weighted by atomic mass is 32.1. The van der Waals surface area contributed by atoms with Gasteiger partial charge in [0.15, 0.2) is 0 Å².